The van der Waals surface area contributed by atoms with Crippen LogP contribution in [-0.2, 0) is 19.1 Å². The van der Waals surface area contributed by atoms with Gasteiger partial charge >= 0.3 is 12.0 Å². The van der Waals surface area contributed by atoms with Crippen LogP contribution in [0.4, 0.5) is 4.79 Å². The van der Waals surface area contributed by atoms with Gasteiger partial charge in [0.2, 0.25) is 0 Å². The van der Waals surface area contributed by atoms with Crippen LogP contribution in [0.25, 0.3) is 0 Å². The van der Waals surface area contributed by atoms with Crippen molar-refractivity contribution in [2.24, 2.45) is 11.8 Å². The lowest BCUT2D eigenvalue weighted by Crippen LogP contribution is -2.54. The van der Waals surface area contributed by atoms with E-state index in [2.05, 4.69) is 17.6 Å². The molecular weight excluding hydrogens is 362 g/mol. The first kappa shape index (κ1) is 20.6. The van der Waals surface area contributed by atoms with Gasteiger partial charge in [-0.15, -0.1) is 0 Å². The van der Waals surface area contributed by atoms with Crippen LogP contribution in [0.1, 0.15) is 65.2 Å². The first-order valence-corrected chi connectivity index (χ1v) is 10.4. The van der Waals surface area contributed by atoms with Gasteiger partial charge in [-0.1, -0.05) is 39.5 Å². The molecule has 1 saturated heterocycles. The molecule has 28 heavy (non-hydrogen) atoms. The molecule has 2 aliphatic carbocycles. The van der Waals surface area contributed by atoms with E-state index in [1.165, 1.54) is 6.42 Å². The van der Waals surface area contributed by atoms with Crippen molar-refractivity contribution in [1.82, 2.24) is 15.5 Å². The van der Waals surface area contributed by atoms with E-state index in [4.69, 9.17) is 4.74 Å². The Bertz CT molecular complexity index is 652. The molecule has 1 spiro atoms. The topological polar surface area (TPSA) is 105 Å². The zero-order valence-electron chi connectivity index (χ0n) is 16.8. The Hall–Kier alpha value is -2.12. The summed E-state index contributed by atoms with van der Waals surface area (Å²) in [5, 5.41) is 5.71. The summed E-state index contributed by atoms with van der Waals surface area (Å²) >= 11 is 0. The largest absolute Gasteiger partial charge is 0.454 e. The molecule has 3 rings (SSSR count). The quantitative estimate of drug-likeness (QED) is 0.547. The maximum atomic E-state index is 12.8. The third kappa shape index (κ3) is 4.15. The predicted molar refractivity (Wildman–Crippen MR) is 101 cm³/mol. The lowest BCUT2D eigenvalue weighted by atomic mass is 9.73. The highest BCUT2D eigenvalue weighted by Gasteiger charge is 2.55. The van der Waals surface area contributed by atoms with E-state index in [9.17, 15) is 19.2 Å². The minimum absolute atomic E-state index is 0.0296. The smallest absolute Gasteiger partial charge is 0.326 e. The van der Waals surface area contributed by atoms with Gasteiger partial charge in [0.05, 0.1) is 0 Å². The fraction of sp³-hybridized carbons (Fsp3) is 0.800. The van der Waals surface area contributed by atoms with Crippen LogP contribution in [0.15, 0.2) is 0 Å². The third-order valence-corrected chi connectivity index (χ3v) is 6.61. The van der Waals surface area contributed by atoms with Gasteiger partial charge in [-0.2, -0.15) is 0 Å². The van der Waals surface area contributed by atoms with Crippen molar-refractivity contribution >= 4 is 23.8 Å². The molecule has 156 valence electrons. The second-order valence-corrected chi connectivity index (χ2v) is 8.54. The summed E-state index contributed by atoms with van der Waals surface area (Å²) in [7, 11) is 0. The van der Waals surface area contributed by atoms with E-state index in [1.54, 1.807) is 0 Å². The number of esters is 1. The maximum Gasteiger partial charge on any atom is 0.326 e. The van der Waals surface area contributed by atoms with Crippen molar-refractivity contribution in [1.29, 1.82) is 0 Å². The number of urea groups is 1. The predicted octanol–water partition coefficient (Wildman–Crippen LogP) is 1.73. The van der Waals surface area contributed by atoms with E-state index >= 15 is 0 Å². The van der Waals surface area contributed by atoms with Crippen LogP contribution >= 0.6 is 0 Å². The van der Waals surface area contributed by atoms with Crippen molar-refractivity contribution < 1.29 is 23.9 Å². The SMILES string of the molecule is C[C@H]1CCCC[C@H]1NC(=O)COC(=O)CN1C(=O)N[C@]2(CCCC[C@@H]2C)C1=O. The Balaban J connectivity index is 1.48. The molecule has 8 nitrogen and oxygen atoms in total. The minimum atomic E-state index is -0.899. The number of ether oxygens (including phenoxy) is 1. The molecule has 1 heterocycles. The van der Waals surface area contributed by atoms with Crippen molar-refractivity contribution in [2.75, 3.05) is 13.2 Å². The summed E-state index contributed by atoms with van der Waals surface area (Å²) in [5.74, 6) is -1.02. The average Bonchev–Trinajstić information content (AvgIpc) is 2.89. The summed E-state index contributed by atoms with van der Waals surface area (Å²) in [6.45, 7) is 3.20. The zero-order valence-corrected chi connectivity index (χ0v) is 16.8. The Labute approximate surface area is 165 Å². The number of amides is 4. The Morgan fingerprint density at radius 1 is 1.14 bits per heavy atom. The van der Waals surface area contributed by atoms with E-state index in [0.29, 0.717) is 12.3 Å². The van der Waals surface area contributed by atoms with Gasteiger partial charge in [0, 0.05) is 6.04 Å². The number of hydrogen-bond acceptors (Lipinski definition) is 5. The number of carbonyl (C=O) groups is 4. The molecule has 3 aliphatic rings. The molecule has 0 aromatic carbocycles. The van der Waals surface area contributed by atoms with Gasteiger partial charge < -0.3 is 15.4 Å². The molecule has 2 saturated carbocycles. The molecular formula is C20H31N3O5. The molecule has 0 aromatic rings. The van der Waals surface area contributed by atoms with Crippen LogP contribution in [0.5, 0.6) is 0 Å². The second-order valence-electron chi connectivity index (χ2n) is 8.54. The highest BCUT2D eigenvalue weighted by atomic mass is 16.5. The maximum absolute atomic E-state index is 12.8. The summed E-state index contributed by atoms with van der Waals surface area (Å²) in [5.41, 5.74) is -0.899. The van der Waals surface area contributed by atoms with Crippen LogP contribution in [0.3, 0.4) is 0 Å². The minimum Gasteiger partial charge on any atom is -0.454 e. The lowest BCUT2D eigenvalue weighted by Gasteiger charge is -2.36. The number of imide groups is 1. The monoisotopic (exact) mass is 393 g/mol. The first-order chi connectivity index (χ1) is 13.3. The molecule has 0 aromatic heterocycles. The number of nitrogens with one attached hydrogen (secondary N) is 2. The molecule has 0 bridgehead atoms. The molecule has 3 fully saturated rings. The molecule has 4 amide bonds. The standard InChI is InChI=1S/C20H31N3O5/c1-13-7-3-4-9-15(13)21-16(24)12-28-17(25)11-23-18(26)20(22-19(23)27)10-6-5-8-14(20)2/h13-15H,3-12H2,1-2H3,(H,21,24)(H,22,27)/t13-,14-,15+,20-/m0/s1. The highest BCUT2D eigenvalue weighted by molar-refractivity contribution is 6.09. The summed E-state index contributed by atoms with van der Waals surface area (Å²) < 4.78 is 5.02. The van der Waals surface area contributed by atoms with Crippen molar-refractivity contribution in [3.05, 3.63) is 0 Å². The van der Waals surface area contributed by atoms with Gasteiger partial charge in [-0.25, -0.2) is 4.79 Å². The van der Waals surface area contributed by atoms with Crippen molar-refractivity contribution in [3.8, 4) is 0 Å². The Kier molecular flexibility index (Phi) is 6.25. The van der Waals surface area contributed by atoms with E-state index in [1.807, 2.05) is 6.92 Å². The normalized spacial score (nSPS) is 32.9. The van der Waals surface area contributed by atoms with Gasteiger partial charge in [0.1, 0.15) is 12.1 Å². The van der Waals surface area contributed by atoms with E-state index in [-0.39, 0.29) is 23.8 Å². The summed E-state index contributed by atoms with van der Waals surface area (Å²) in [6, 6.07) is -0.449. The third-order valence-electron chi connectivity index (χ3n) is 6.61. The zero-order chi connectivity index (χ0) is 20.3. The lowest BCUT2D eigenvalue weighted by molar-refractivity contribution is -0.151. The van der Waals surface area contributed by atoms with Gasteiger partial charge in [0.25, 0.3) is 11.8 Å². The van der Waals surface area contributed by atoms with Gasteiger partial charge in [-0.05, 0) is 37.5 Å². The average molecular weight is 393 g/mol. The Morgan fingerprint density at radius 3 is 2.57 bits per heavy atom. The number of carbonyl (C=O) groups excluding carboxylic acids is 4. The van der Waals surface area contributed by atoms with Crippen molar-refractivity contribution in [2.45, 2.75) is 76.8 Å². The second kappa shape index (κ2) is 8.49. The number of nitrogens with zero attached hydrogens (tertiary/aromatic N) is 1. The first-order valence-electron chi connectivity index (χ1n) is 10.4. The molecule has 2 N–H and O–H groups in total. The van der Waals surface area contributed by atoms with Gasteiger partial charge in [-0.3, -0.25) is 19.3 Å². The Morgan fingerprint density at radius 2 is 1.86 bits per heavy atom. The van der Waals surface area contributed by atoms with E-state index in [0.717, 1.165) is 43.4 Å². The van der Waals surface area contributed by atoms with Crippen LogP contribution in [-0.4, -0.2) is 53.4 Å². The summed E-state index contributed by atoms with van der Waals surface area (Å²) in [6.07, 6.45) is 7.63. The van der Waals surface area contributed by atoms with Crippen LogP contribution in [0, 0.1) is 11.8 Å². The number of rotatable bonds is 5. The fourth-order valence-corrected chi connectivity index (χ4v) is 4.74. The fourth-order valence-electron chi connectivity index (χ4n) is 4.74. The van der Waals surface area contributed by atoms with Gasteiger partial charge in [0.15, 0.2) is 6.61 Å². The molecule has 0 unspecified atom stereocenters. The molecule has 0 radical (unpaired) electrons. The van der Waals surface area contributed by atoms with Crippen molar-refractivity contribution in [3.63, 3.8) is 0 Å². The number of hydrogen-bond donors (Lipinski definition) is 2. The highest BCUT2D eigenvalue weighted by Crippen LogP contribution is 2.38. The van der Waals surface area contributed by atoms with Crippen LogP contribution < -0.4 is 10.6 Å². The van der Waals surface area contributed by atoms with Crippen LogP contribution in [0.2, 0.25) is 0 Å². The molecule has 4 atom stereocenters. The summed E-state index contributed by atoms with van der Waals surface area (Å²) in [4.78, 5) is 50.2. The molecule has 1 aliphatic heterocycles. The van der Waals surface area contributed by atoms with E-state index < -0.39 is 30.7 Å². The molecule has 8 heteroatoms.